The molecule has 3 N–H and O–H groups in total. The predicted octanol–water partition coefficient (Wildman–Crippen LogP) is 1.58. The second kappa shape index (κ2) is 8.76. The number of hydrogen-bond donors (Lipinski definition) is 3. The van der Waals surface area contributed by atoms with E-state index < -0.39 is 6.03 Å². The van der Waals surface area contributed by atoms with Crippen molar-refractivity contribution in [3.8, 4) is 0 Å². The monoisotopic (exact) mass is 349 g/mol. The molecule has 0 saturated carbocycles. The first-order valence-corrected chi connectivity index (χ1v) is 7.83. The van der Waals surface area contributed by atoms with E-state index in [0.717, 1.165) is 5.56 Å². The number of benzene rings is 1. The summed E-state index contributed by atoms with van der Waals surface area (Å²) >= 11 is 0. The van der Waals surface area contributed by atoms with Crippen LogP contribution in [0, 0.1) is 12.7 Å². The summed E-state index contributed by atoms with van der Waals surface area (Å²) in [4.78, 5) is 27.7. The van der Waals surface area contributed by atoms with Crippen LogP contribution >= 0.6 is 0 Å². The summed E-state index contributed by atoms with van der Waals surface area (Å²) in [6.07, 6.45) is 0.585. The largest absolute Gasteiger partial charge is 0.344 e. The van der Waals surface area contributed by atoms with E-state index >= 15 is 0 Å². The molecule has 9 heteroatoms. The van der Waals surface area contributed by atoms with Gasteiger partial charge in [0.25, 0.3) is 0 Å². The van der Waals surface area contributed by atoms with Crippen LogP contribution in [0.2, 0.25) is 0 Å². The third kappa shape index (κ3) is 5.87. The molecular weight excluding hydrogens is 329 g/mol. The Labute approximate surface area is 144 Å². The van der Waals surface area contributed by atoms with Gasteiger partial charge in [-0.15, -0.1) is 0 Å². The van der Waals surface area contributed by atoms with Gasteiger partial charge >= 0.3 is 6.03 Å². The van der Waals surface area contributed by atoms with Crippen LogP contribution in [0.5, 0.6) is 0 Å². The molecule has 0 unspecified atom stereocenters. The molecule has 25 heavy (non-hydrogen) atoms. The molecule has 1 atom stereocenters. The summed E-state index contributed by atoms with van der Waals surface area (Å²) in [5.41, 5.74) is 0.750. The van der Waals surface area contributed by atoms with Crippen molar-refractivity contribution in [1.82, 2.24) is 26.1 Å². The van der Waals surface area contributed by atoms with E-state index in [0.29, 0.717) is 18.1 Å². The Bertz CT molecular complexity index is 717. The fraction of sp³-hybridized carbons (Fsp3) is 0.375. The fourth-order valence-corrected chi connectivity index (χ4v) is 2.06. The van der Waals surface area contributed by atoms with Gasteiger partial charge in [-0.05, 0) is 24.1 Å². The van der Waals surface area contributed by atoms with Gasteiger partial charge in [-0.25, -0.2) is 9.18 Å². The van der Waals surface area contributed by atoms with E-state index in [2.05, 4.69) is 26.1 Å². The molecule has 134 valence electrons. The Balaban J connectivity index is 1.73. The normalized spacial score (nSPS) is 11.6. The van der Waals surface area contributed by atoms with Gasteiger partial charge in [0.05, 0.1) is 12.6 Å². The lowest BCUT2D eigenvalue weighted by Gasteiger charge is -2.13. The van der Waals surface area contributed by atoms with Gasteiger partial charge < -0.3 is 20.5 Å². The molecule has 8 nitrogen and oxygen atoms in total. The Morgan fingerprint density at radius 2 is 1.96 bits per heavy atom. The zero-order valence-electron chi connectivity index (χ0n) is 14.0. The third-order valence-corrected chi connectivity index (χ3v) is 3.37. The standard InChI is InChI=1S/C16H20FN5O3/c1-3-13(15-20-10(2)25-22-15)21-14(23)9-19-16(24)18-8-11-4-6-12(17)7-5-11/h4-7,13H,3,8-9H2,1-2H3,(H,21,23)(H2,18,19,24)/t13-/m1/s1. The summed E-state index contributed by atoms with van der Waals surface area (Å²) in [5.74, 6) is 0.105. The molecule has 1 heterocycles. The minimum atomic E-state index is -0.497. The van der Waals surface area contributed by atoms with Crippen LogP contribution in [0.15, 0.2) is 28.8 Å². The quantitative estimate of drug-likeness (QED) is 0.703. The summed E-state index contributed by atoms with van der Waals surface area (Å²) in [5, 5.41) is 11.5. The number of nitrogens with one attached hydrogen (secondary N) is 3. The van der Waals surface area contributed by atoms with Crippen LogP contribution in [-0.4, -0.2) is 28.6 Å². The molecule has 2 aromatic rings. The van der Waals surface area contributed by atoms with E-state index in [9.17, 15) is 14.0 Å². The number of aryl methyl sites for hydroxylation is 1. The number of carbonyl (C=O) groups is 2. The Hall–Kier alpha value is -2.97. The number of hydrogen-bond acceptors (Lipinski definition) is 5. The lowest BCUT2D eigenvalue weighted by atomic mass is 10.2. The van der Waals surface area contributed by atoms with Gasteiger partial charge in [0.15, 0.2) is 5.82 Å². The first kappa shape index (κ1) is 18.4. The summed E-state index contributed by atoms with van der Waals surface area (Å²) in [6, 6.07) is 4.89. The lowest BCUT2D eigenvalue weighted by Crippen LogP contribution is -2.42. The zero-order valence-corrected chi connectivity index (χ0v) is 14.0. The Morgan fingerprint density at radius 3 is 2.56 bits per heavy atom. The van der Waals surface area contributed by atoms with Crippen molar-refractivity contribution in [3.63, 3.8) is 0 Å². The molecule has 0 aliphatic heterocycles. The lowest BCUT2D eigenvalue weighted by molar-refractivity contribution is -0.120. The number of carbonyl (C=O) groups excluding carboxylic acids is 2. The fourth-order valence-electron chi connectivity index (χ4n) is 2.06. The number of rotatable bonds is 7. The minimum Gasteiger partial charge on any atom is -0.344 e. The first-order valence-electron chi connectivity index (χ1n) is 7.83. The number of halogens is 1. The molecule has 0 fully saturated rings. The predicted molar refractivity (Wildman–Crippen MR) is 86.8 cm³/mol. The van der Waals surface area contributed by atoms with Crippen LogP contribution in [0.25, 0.3) is 0 Å². The van der Waals surface area contributed by atoms with Crippen LogP contribution in [0.4, 0.5) is 9.18 Å². The van der Waals surface area contributed by atoms with Crippen molar-refractivity contribution in [3.05, 3.63) is 47.4 Å². The molecule has 0 bridgehead atoms. The summed E-state index contributed by atoms with van der Waals surface area (Å²) in [7, 11) is 0. The van der Waals surface area contributed by atoms with Gasteiger partial charge in [-0.2, -0.15) is 4.98 Å². The summed E-state index contributed by atoms with van der Waals surface area (Å²) in [6.45, 7) is 3.58. The van der Waals surface area contributed by atoms with Crippen molar-refractivity contribution in [1.29, 1.82) is 0 Å². The van der Waals surface area contributed by atoms with Crippen molar-refractivity contribution in [2.24, 2.45) is 0 Å². The maximum Gasteiger partial charge on any atom is 0.315 e. The zero-order chi connectivity index (χ0) is 18.2. The SMILES string of the molecule is CC[C@@H](NC(=O)CNC(=O)NCc1ccc(F)cc1)c1noc(C)n1. The van der Waals surface area contributed by atoms with E-state index in [4.69, 9.17) is 4.52 Å². The van der Waals surface area contributed by atoms with Crippen molar-refractivity contribution >= 4 is 11.9 Å². The Kier molecular flexibility index (Phi) is 6.44. The maximum absolute atomic E-state index is 12.8. The molecule has 0 saturated heterocycles. The molecule has 1 aromatic heterocycles. The minimum absolute atomic E-state index is 0.192. The number of urea groups is 1. The van der Waals surface area contributed by atoms with Crippen molar-refractivity contribution in [2.75, 3.05) is 6.54 Å². The van der Waals surface area contributed by atoms with E-state index in [1.54, 1.807) is 19.1 Å². The number of amides is 3. The summed E-state index contributed by atoms with van der Waals surface area (Å²) < 4.78 is 17.7. The second-order valence-electron chi connectivity index (χ2n) is 5.36. The van der Waals surface area contributed by atoms with Crippen LogP contribution < -0.4 is 16.0 Å². The van der Waals surface area contributed by atoms with Crippen molar-refractivity contribution < 1.29 is 18.5 Å². The van der Waals surface area contributed by atoms with E-state index in [1.165, 1.54) is 12.1 Å². The molecule has 3 amide bonds. The highest BCUT2D eigenvalue weighted by molar-refractivity contribution is 5.84. The van der Waals surface area contributed by atoms with Gasteiger partial charge in [-0.3, -0.25) is 4.79 Å². The van der Waals surface area contributed by atoms with Crippen LogP contribution in [0.1, 0.15) is 36.7 Å². The van der Waals surface area contributed by atoms with Crippen LogP contribution in [-0.2, 0) is 11.3 Å². The first-order chi connectivity index (χ1) is 12.0. The average molecular weight is 349 g/mol. The van der Waals surface area contributed by atoms with Crippen molar-refractivity contribution in [2.45, 2.75) is 32.9 Å². The topological polar surface area (TPSA) is 109 Å². The van der Waals surface area contributed by atoms with Gasteiger partial charge in [-0.1, -0.05) is 24.2 Å². The van der Waals surface area contributed by atoms with Gasteiger partial charge in [0, 0.05) is 13.5 Å². The van der Waals surface area contributed by atoms with Gasteiger partial charge in [0.1, 0.15) is 5.82 Å². The molecule has 0 radical (unpaired) electrons. The van der Waals surface area contributed by atoms with Crippen LogP contribution in [0.3, 0.4) is 0 Å². The smallest absolute Gasteiger partial charge is 0.315 e. The highest BCUT2D eigenvalue weighted by Crippen LogP contribution is 2.12. The second-order valence-corrected chi connectivity index (χ2v) is 5.36. The highest BCUT2D eigenvalue weighted by atomic mass is 19.1. The number of nitrogens with zero attached hydrogens (tertiary/aromatic N) is 2. The molecule has 2 rings (SSSR count). The van der Waals surface area contributed by atoms with E-state index in [-0.39, 0.29) is 30.9 Å². The Morgan fingerprint density at radius 1 is 1.24 bits per heavy atom. The maximum atomic E-state index is 12.8. The van der Waals surface area contributed by atoms with Gasteiger partial charge in [0.2, 0.25) is 11.8 Å². The molecule has 1 aromatic carbocycles. The highest BCUT2D eigenvalue weighted by Gasteiger charge is 2.18. The molecule has 0 aliphatic carbocycles. The van der Waals surface area contributed by atoms with E-state index in [1.807, 2.05) is 6.92 Å². The molecule has 0 spiro atoms. The number of aromatic nitrogens is 2. The third-order valence-electron chi connectivity index (χ3n) is 3.37. The average Bonchev–Trinajstić information content (AvgIpc) is 3.03. The molecule has 0 aliphatic rings. The molecular formula is C16H20FN5O3.